The van der Waals surface area contributed by atoms with Gasteiger partial charge in [-0.15, -0.1) is 0 Å². The largest absolute Gasteiger partial charge is 0.436 e. The summed E-state index contributed by atoms with van der Waals surface area (Å²) in [6.45, 7) is 2.01. The molecule has 144 valence electrons. The zero-order valence-corrected chi connectivity index (χ0v) is 17.0. The summed E-state index contributed by atoms with van der Waals surface area (Å²) in [7, 11) is 0. The second kappa shape index (κ2) is 8.03. The summed E-state index contributed by atoms with van der Waals surface area (Å²) in [5.74, 6) is 0.248. The fraction of sp³-hybridized carbons (Fsp3) is 0.0455. The number of carbonyl (C=O) groups excluding carboxylic acids is 1. The molecule has 0 aliphatic rings. The quantitative estimate of drug-likeness (QED) is 0.422. The predicted octanol–water partition coefficient (Wildman–Crippen LogP) is 5.58. The fourth-order valence-electron chi connectivity index (χ4n) is 2.87. The van der Waals surface area contributed by atoms with Crippen molar-refractivity contribution < 1.29 is 9.21 Å². The number of fused-ring (bicyclic) bond motifs is 1. The zero-order chi connectivity index (χ0) is 20.4. The van der Waals surface area contributed by atoms with Crippen molar-refractivity contribution in [2.75, 3.05) is 5.32 Å². The van der Waals surface area contributed by atoms with Gasteiger partial charge in [-0.3, -0.25) is 10.1 Å². The molecule has 7 heteroatoms. The number of amides is 1. The lowest BCUT2D eigenvalue weighted by molar-refractivity contribution is 0.0977. The first-order chi connectivity index (χ1) is 14.0. The van der Waals surface area contributed by atoms with Crippen molar-refractivity contribution >= 4 is 51.6 Å². The number of halogens is 1. The Labute approximate surface area is 177 Å². The van der Waals surface area contributed by atoms with Gasteiger partial charge in [0.2, 0.25) is 5.89 Å². The molecule has 1 aromatic heterocycles. The van der Waals surface area contributed by atoms with Crippen molar-refractivity contribution in [2.24, 2.45) is 0 Å². The highest BCUT2D eigenvalue weighted by molar-refractivity contribution is 7.80. The molecule has 0 unspecified atom stereocenters. The van der Waals surface area contributed by atoms with Crippen LogP contribution in [0.25, 0.3) is 22.6 Å². The van der Waals surface area contributed by atoms with Crippen molar-refractivity contribution in [3.8, 4) is 11.5 Å². The van der Waals surface area contributed by atoms with Gasteiger partial charge in [-0.1, -0.05) is 29.8 Å². The number of hydrogen-bond acceptors (Lipinski definition) is 4. The highest BCUT2D eigenvalue weighted by Crippen LogP contribution is 2.28. The Morgan fingerprint density at radius 2 is 1.83 bits per heavy atom. The summed E-state index contributed by atoms with van der Waals surface area (Å²) in [6, 6.07) is 19.9. The van der Waals surface area contributed by atoms with Crippen LogP contribution in [0.1, 0.15) is 15.9 Å². The summed E-state index contributed by atoms with van der Waals surface area (Å²) >= 11 is 11.1. The van der Waals surface area contributed by atoms with Crippen LogP contribution >= 0.6 is 23.8 Å². The first kappa shape index (κ1) is 19.1. The third kappa shape index (κ3) is 4.29. The minimum absolute atomic E-state index is 0.187. The molecular weight excluding hydrogens is 406 g/mol. The van der Waals surface area contributed by atoms with E-state index in [1.807, 2.05) is 49.4 Å². The van der Waals surface area contributed by atoms with Crippen molar-refractivity contribution in [1.82, 2.24) is 10.3 Å². The second-order valence-corrected chi connectivity index (χ2v) is 7.28. The Morgan fingerprint density at radius 3 is 2.59 bits per heavy atom. The predicted molar refractivity (Wildman–Crippen MR) is 119 cm³/mol. The van der Waals surface area contributed by atoms with Gasteiger partial charge >= 0.3 is 0 Å². The number of hydrogen-bond donors (Lipinski definition) is 2. The zero-order valence-electron chi connectivity index (χ0n) is 15.4. The monoisotopic (exact) mass is 421 g/mol. The number of aromatic nitrogens is 1. The maximum absolute atomic E-state index is 12.3. The van der Waals surface area contributed by atoms with Gasteiger partial charge in [0.1, 0.15) is 5.52 Å². The van der Waals surface area contributed by atoms with Crippen LogP contribution in [0.3, 0.4) is 0 Å². The van der Waals surface area contributed by atoms with Crippen LogP contribution in [-0.4, -0.2) is 16.0 Å². The van der Waals surface area contributed by atoms with Crippen LogP contribution in [0.2, 0.25) is 5.02 Å². The van der Waals surface area contributed by atoms with Gasteiger partial charge in [-0.05, 0) is 73.2 Å². The van der Waals surface area contributed by atoms with E-state index < -0.39 is 0 Å². The molecule has 0 saturated carbocycles. The van der Waals surface area contributed by atoms with Crippen molar-refractivity contribution in [3.05, 3.63) is 82.9 Å². The third-order valence-electron chi connectivity index (χ3n) is 4.35. The van der Waals surface area contributed by atoms with E-state index in [1.54, 1.807) is 24.3 Å². The SMILES string of the molecule is Cc1ccccc1-c1nc2cc(NC(=S)NC(=O)c3ccc(Cl)cc3)ccc2o1. The lowest BCUT2D eigenvalue weighted by Gasteiger charge is -2.09. The molecule has 1 amide bonds. The van der Waals surface area contributed by atoms with E-state index in [0.29, 0.717) is 33.3 Å². The van der Waals surface area contributed by atoms with Gasteiger partial charge in [0.15, 0.2) is 10.7 Å². The smallest absolute Gasteiger partial charge is 0.257 e. The van der Waals surface area contributed by atoms with Gasteiger partial charge in [0.25, 0.3) is 5.91 Å². The molecule has 5 nitrogen and oxygen atoms in total. The number of nitrogens with one attached hydrogen (secondary N) is 2. The van der Waals surface area contributed by atoms with Gasteiger partial charge < -0.3 is 9.73 Å². The molecule has 0 radical (unpaired) electrons. The fourth-order valence-corrected chi connectivity index (χ4v) is 3.21. The van der Waals surface area contributed by atoms with Crippen LogP contribution in [0, 0.1) is 6.92 Å². The topological polar surface area (TPSA) is 67.2 Å². The molecule has 0 atom stereocenters. The number of rotatable bonds is 3. The summed E-state index contributed by atoms with van der Waals surface area (Å²) in [5.41, 5.74) is 4.56. The van der Waals surface area contributed by atoms with Crippen LogP contribution in [0.15, 0.2) is 71.1 Å². The third-order valence-corrected chi connectivity index (χ3v) is 4.81. The number of carbonyl (C=O) groups is 1. The summed E-state index contributed by atoms with van der Waals surface area (Å²) in [6.07, 6.45) is 0. The molecular formula is C22H16ClN3O2S. The number of oxazole rings is 1. The van der Waals surface area contributed by atoms with Gasteiger partial charge in [-0.25, -0.2) is 4.98 Å². The Hall–Kier alpha value is -3.22. The maximum Gasteiger partial charge on any atom is 0.257 e. The van der Waals surface area contributed by atoms with E-state index in [-0.39, 0.29) is 11.0 Å². The van der Waals surface area contributed by atoms with E-state index in [4.69, 9.17) is 28.2 Å². The van der Waals surface area contributed by atoms with Crippen molar-refractivity contribution in [2.45, 2.75) is 6.92 Å². The average Bonchev–Trinajstić information content (AvgIpc) is 3.11. The van der Waals surface area contributed by atoms with Gasteiger partial charge in [0, 0.05) is 21.8 Å². The molecule has 1 heterocycles. The molecule has 4 rings (SSSR count). The summed E-state index contributed by atoms with van der Waals surface area (Å²) in [5, 5.41) is 6.39. The Balaban J connectivity index is 1.49. The summed E-state index contributed by atoms with van der Waals surface area (Å²) in [4.78, 5) is 16.8. The summed E-state index contributed by atoms with van der Waals surface area (Å²) < 4.78 is 5.87. The number of thiocarbonyl (C=S) groups is 1. The van der Waals surface area contributed by atoms with E-state index in [9.17, 15) is 4.79 Å². The molecule has 0 aliphatic carbocycles. The molecule has 0 saturated heterocycles. The lowest BCUT2D eigenvalue weighted by atomic mass is 10.1. The maximum atomic E-state index is 12.3. The number of anilines is 1. The number of nitrogens with zero attached hydrogens (tertiary/aromatic N) is 1. The molecule has 3 aromatic carbocycles. The van der Waals surface area contributed by atoms with E-state index in [2.05, 4.69) is 15.6 Å². The molecule has 0 aliphatic heterocycles. The highest BCUT2D eigenvalue weighted by atomic mass is 35.5. The molecule has 29 heavy (non-hydrogen) atoms. The number of aryl methyl sites for hydroxylation is 1. The van der Waals surface area contributed by atoms with Crippen LogP contribution in [-0.2, 0) is 0 Å². The standard InChI is InChI=1S/C22H16ClN3O2S/c1-13-4-2-3-5-17(13)21-25-18-12-16(10-11-19(18)28-21)24-22(29)26-20(27)14-6-8-15(23)9-7-14/h2-12H,1H3,(H2,24,26,27,29). The Morgan fingerprint density at radius 1 is 1.07 bits per heavy atom. The van der Waals surface area contributed by atoms with Gasteiger partial charge in [-0.2, -0.15) is 0 Å². The normalized spacial score (nSPS) is 10.7. The first-order valence-electron chi connectivity index (χ1n) is 8.84. The van der Waals surface area contributed by atoms with Crippen LogP contribution < -0.4 is 10.6 Å². The molecule has 0 fully saturated rings. The molecule has 4 aromatic rings. The Kier molecular flexibility index (Phi) is 5.29. The molecule has 0 bridgehead atoms. The Bertz CT molecular complexity index is 1220. The second-order valence-electron chi connectivity index (χ2n) is 6.43. The minimum atomic E-state index is -0.316. The average molecular weight is 422 g/mol. The van der Waals surface area contributed by atoms with Crippen LogP contribution in [0.4, 0.5) is 5.69 Å². The first-order valence-corrected chi connectivity index (χ1v) is 9.63. The molecule has 0 spiro atoms. The highest BCUT2D eigenvalue weighted by Gasteiger charge is 2.12. The number of benzene rings is 3. The van der Waals surface area contributed by atoms with E-state index in [0.717, 1.165) is 11.1 Å². The van der Waals surface area contributed by atoms with E-state index >= 15 is 0 Å². The van der Waals surface area contributed by atoms with E-state index in [1.165, 1.54) is 0 Å². The van der Waals surface area contributed by atoms with Crippen LogP contribution in [0.5, 0.6) is 0 Å². The van der Waals surface area contributed by atoms with Crippen molar-refractivity contribution in [3.63, 3.8) is 0 Å². The van der Waals surface area contributed by atoms with Crippen molar-refractivity contribution in [1.29, 1.82) is 0 Å². The molecule has 2 N–H and O–H groups in total. The minimum Gasteiger partial charge on any atom is -0.436 e. The lowest BCUT2D eigenvalue weighted by Crippen LogP contribution is -2.34. The van der Waals surface area contributed by atoms with Gasteiger partial charge in [0.05, 0.1) is 0 Å².